The number of hydrogen-bond donors (Lipinski definition) is 1. The minimum atomic E-state index is -0.817. The molecule has 8 nitrogen and oxygen atoms in total. The lowest BCUT2D eigenvalue weighted by molar-refractivity contribution is -0.124. The van der Waals surface area contributed by atoms with Gasteiger partial charge in [-0.25, -0.2) is 9.69 Å². The number of benzene rings is 2. The van der Waals surface area contributed by atoms with E-state index in [1.807, 2.05) is 0 Å². The minimum Gasteiger partial charge on any atom is -0.496 e. The number of amides is 3. The van der Waals surface area contributed by atoms with E-state index in [0.717, 1.165) is 24.2 Å². The van der Waals surface area contributed by atoms with E-state index in [1.165, 1.54) is 37.7 Å². The Balaban J connectivity index is 1.41. The summed E-state index contributed by atoms with van der Waals surface area (Å²) in [6.45, 7) is 0.0190. The van der Waals surface area contributed by atoms with Gasteiger partial charge in [0.15, 0.2) is 6.61 Å². The van der Waals surface area contributed by atoms with Crippen LogP contribution in [0.4, 0.5) is 5.69 Å². The van der Waals surface area contributed by atoms with Crippen LogP contribution in [-0.2, 0) is 9.53 Å². The number of hydrogen-bond acceptors (Lipinski definition) is 6. The number of carbonyl (C=O) groups excluding carboxylic acids is 4. The van der Waals surface area contributed by atoms with Gasteiger partial charge in [0.2, 0.25) is 0 Å². The zero-order valence-corrected chi connectivity index (χ0v) is 20.0. The molecule has 1 aliphatic heterocycles. The van der Waals surface area contributed by atoms with E-state index in [9.17, 15) is 19.2 Å². The van der Waals surface area contributed by atoms with Gasteiger partial charge in [-0.15, -0.1) is 0 Å². The molecule has 0 bridgehead atoms. The number of rotatable bonds is 8. The average Bonchev–Trinajstić information content (AvgIpc) is 3.13. The number of imide groups is 1. The maximum Gasteiger partial charge on any atom is 0.342 e. The van der Waals surface area contributed by atoms with E-state index in [1.54, 1.807) is 24.3 Å². The number of carbonyl (C=O) groups is 4. The number of halogens is 1. The number of anilines is 1. The van der Waals surface area contributed by atoms with Crippen LogP contribution < -0.4 is 15.0 Å². The van der Waals surface area contributed by atoms with Gasteiger partial charge in [0, 0.05) is 12.6 Å². The summed E-state index contributed by atoms with van der Waals surface area (Å²) in [5.41, 5.74) is 1.92. The van der Waals surface area contributed by atoms with Crippen molar-refractivity contribution < 1.29 is 28.7 Å². The summed E-state index contributed by atoms with van der Waals surface area (Å²) in [6, 6.07) is 9.04. The molecule has 1 aliphatic carbocycles. The highest BCUT2D eigenvalue weighted by molar-refractivity contribution is 6.40. The lowest BCUT2D eigenvalue weighted by Gasteiger charge is -2.18. The molecule has 4 rings (SSSR count). The summed E-state index contributed by atoms with van der Waals surface area (Å²) < 4.78 is 10.4. The Morgan fingerprint density at radius 3 is 2.43 bits per heavy atom. The second-order valence-electron chi connectivity index (χ2n) is 8.28. The number of esters is 1. The number of allylic oxidation sites excluding steroid dienone is 1. The third-order valence-corrected chi connectivity index (χ3v) is 6.31. The second kappa shape index (κ2) is 10.7. The fraction of sp³-hybridized carbons (Fsp3) is 0.308. The maximum absolute atomic E-state index is 12.8. The molecule has 2 aliphatic rings. The Morgan fingerprint density at radius 1 is 1.09 bits per heavy atom. The van der Waals surface area contributed by atoms with E-state index < -0.39 is 30.3 Å². The van der Waals surface area contributed by atoms with Crippen LogP contribution in [0.2, 0.25) is 5.02 Å². The van der Waals surface area contributed by atoms with Gasteiger partial charge in [-0.05, 0) is 50.3 Å². The van der Waals surface area contributed by atoms with E-state index in [4.69, 9.17) is 21.1 Å². The van der Waals surface area contributed by atoms with Crippen molar-refractivity contribution in [3.8, 4) is 5.75 Å². The number of nitrogens with zero attached hydrogens (tertiary/aromatic N) is 1. The fourth-order valence-corrected chi connectivity index (χ4v) is 4.45. The number of fused-ring (bicyclic) bond motifs is 1. The molecule has 0 fully saturated rings. The monoisotopic (exact) mass is 496 g/mol. The number of methoxy groups -OCH3 is 1. The molecule has 2 aromatic carbocycles. The SMILES string of the molecule is COc1cc(N2C(=O)c3ccccc3C2=O)c(Cl)cc1C(=O)OCC(=O)NCCC1=CCCCC1. The molecule has 2 aromatic rings. The van der Waals surface area contributed by atoms with Gasteiger partial charge in [-0.3, -0.25) is 14.4 Å². The van der Waals surface area contributed by atoms with Crippen molar-refractivity contribution in [2.24, 2.45) is 0 Å². The highest BCUT2D eigenvalue weighted by Crippen LogP contribution is 2.38. The zero-order chi connectivity index (χ0) is 24.9. The van der Waals surface area contributed by atoms with Crippen LogP contribution in [0.25, 0.3) is 0 Å². The molecule has 9 heteroatoms. The molecule has 0 aromatic heterocycles. The highest BCUT2D eigenvalue weighted by atomic mass is 35.5. The topological polar surface area (TPSA) is 102 Å². The number of ether oxygens (including phenoxy) is 2. The largest absolute Gasteiger partial charge is 0.496 e. The maximum atomic E-state index is 12.8. The molecule has 0 atom stereocenters. The molecule has 3 amide bonds. The van der Waals surface area contributed by atoms with Gasteiger partial charge in [0.25, 0.3) is 17.7 Å². The summed E-state index contributed by atoms with van der Waals surface area (Å²) in [7, 11) is 1.33. The van der Waals surface area contributed by atoms with Crippen molar-refractivity contribution >= 4 is 41.0 Å². The third kappa shape index (κ3) is 5.22. The van der Waals surface area contributed by atoms with Crippen molar-refractivity contribution in [1.82, 2.24) is 5.32 Å². The van der Waals surface area contributed by atoms with Gasteiger partial charge in [0.1, 0.15) is 11.3 Å². The molecular weight excluding hydrogens is 472 g/mol. The third-order valence-electron chi connectivity index (χ3n) is 6.01. The summed E-state index contributed by atoms with van der Waals surface area (Å²) in [6.07, 6.45) is 7.52. The smallest absolute Gasteiger partial charge is 0.342 e. The Labute approximate surface area is 207 Å². The minimum absolute atomic E-state index is 0.0162. The first kappa shape index (κ1) is 24.5. The lowest BCUT2D eigenvalue weighted by Crippen LogP contribution is -2.30. The Bertz CT molecular complexity index is 1190. The van der Waals surface area contributed by atoms with Crippen LogP contribution in [0.15, 0.2) is 48.0 Å². The van der Waals surface area contributed by atoms with Gasteiger partial charge in [-0.2, -0.15) is 0 Å². The average molecular weight is 497 g/mol. The molecular formula is C26H25ClN2O6. The van der Waals surface area contributed by atoms with E-state index in [-0.39, 0.29) is 33.1 Å². The van der Waals surface area contributed by atoms with Gasteiger partial charge in [-0.1, -0.05) is 35.4 Å². The predicted octanol–water partition coefficient (Wildman–Crippen LogP) is 4.31. The summed E-state index contributed by atoms with van der Waals surface area (Å²) in [5.74, 6) is -2.23. The zero-order valence-electron chi connectivity index (χ0n) is 19.3. The summed E-state index contributed by atoms with van der Waals surface area (Å²) in [4.78, 5) is 51.3. The van der Waals surface area contributed by atoms with Crippen molar-refractivity contribution in [3.05, 3.63) is 69.8 Å². The standard InChI is InChI=1S/C26H25ClN2O6/c1-34-22-14-21(29-24(31)17-9-5-6-10-18(17)25(29)32)20(27)13-19(22)26(33)35-15-23(30)28-12-11-16-7-3-2-4-8-16/h5-7,9-10,13-14H,2-4,8,11-12,15H2,1H3,(H,28,30). The van der Waals surface area contributed by atoms with Crippen LogP contribution >= 0.6 is 11.6 Å². The molecule has 182 valence electrons. The highest BCUT2D eigenvalue weighted by Gasteiger charge is 2.38. The van der Waals surface area contributed by atoms with Crippen LogP contribution in [0.5, 0.6) is 5.75 Å². The van der Waals surface area contributed by atoms with Crippen molar-refractivity contribution in [3.63, 3.8) is 0 Å². The first-order chi connectivity index (χ1) is 16.9. The van der Waals surface area contributed by atoms with Crippen LogP contribution in [0.3, 0.4) is 0 Å². The summed E-state index contributed by atoms with van der Waals surface area (Å²) >= 11 is 6.37. The predicted molar refractivity (Wildman–Crippen MR) is 130 cm³/mol. The summed E-state index contributed by atoms with van der Waals surface area (Å²) in [5, 5.41) is 2.73. The van der Waals surface area contributed by atoms with Crippen molar-refractivity contribution in [1.29, 1.82) is 0 Å². The molecule has 0 saturated heterocycles. The van der Waals surface area contributed by atoms with Gasteiger partial charge in [0.05, 0.1) is 28.9 Å². The van der Waals surface area contributed by atoms with Crippen molar-refractivity contribution in [2.45, 2.75) is 32.1 Å². The van der Waals surface area contributed by atoms with Crippen LogP contribution in [0, 0.1) is 0 Å². The van der Waals surface area contributed by atoms with Crippen LogP contribution in [-0.4, -0.2) is 44.0 Å². The van der Waals surface area contributed by atoms with E-state index in [0.29, 0.717) is 6.54 Å². The first-order valence-corrected chi connectivity index (χ1v) is 11.8. The number of nitrogens with one attached hydrogen (secondary N) is 1. The molecule has 0 unspecified atom stereocenters. The van der Waals surface area contributed by atoms with Gasteiger partial charge >= 0.3 is 5.97 Å². The molecule has 0 spiro atoms. The van der Waals surface area contributed by atoms with Crippen molar-refractivity contribution in [2.75, 3.05) is 25.2 Å². The second-order valence-corrected chi connectivity index (χ2v) is 8.69. The fourth-order valence-electron chi connectivity index (χ4n) is 4.20. The quantitative estimate of drug-likeness (QED) is 0.332. The Morgan fingerprint density at radius 2 is 1.80 bits per heavy atom. The molecule has 35 heavy (non-hydrogen) atoms. The molecule has 0 saturated carbocycles. The van der Waals surface area contributed by atoms with E-state index >= 15 is 0 Å². The molecule has 1 heterocycles. The normalized spacial score (nSPS) is 14.9. The molecule has 1 N–H and O–H groups in total. The Kier molecular flexibility index (Phi) is 7.51. The lowest BCUT2D eigenvalue weighted by atomic mass is 9.97. The van der Waals surface area contributed by atoms with Gasteiger partial charge < -0.3 is 14.8 Å². The first-order valence-electron chi connectivity index (χ1n) is 11.4. The van der Waals surface area contributed by atoms with Crippen LogP contribution in [0.1, 0.15) is 63.2 Å². The Hall–Kier alpha value is -3.65. The van der Waals surface area contributed by atoms with E-state index in [2.05, 4.69) is 11.4 Å². The molecule has 0 radical (unpaired) electrons.